The molecule has 0 aromatic heterocycles. The first-order valence-corrected chi connectivity index (χ1v) is 7.76. The monoisotopic (exact) mass is 330 g/mol. The highest BCUT2D eigenvalue weighted by molar-refractivity contribution is 6.39. The number of para-hydroxylation sites is 1. The number of carbonyl (C=O) groups excluding carboxylic acids is 3. The van der Waals surface area contributed by atoms with Crippen molar-refractivity contribution in [3.8, 4) is 5.75 Å². The molecule has 1 unspecified atom stereocenters. The van der Waals surface area contributed by atoms with Gasteiger partial charge in [0.25, 0.3) is 5.91 Å². The van der Waals surface area contributed by atoms with E-state index in [-0.39, 0.29) is 11.5 Å². The predicted molar refractivity (Wildman–Crippen MR) is 84.9 cm³/mol. The molecule has 3 amide bonds. The van der Waals surface area contributed by atoms with Gasteiger partial charge in [-0.1, -0.05) is 12.1 Å². The zero-order valence-corrected chi connectivity index (χ0v) is 13.0. The number of phenols is 1. The molecular weight excluding hydrogens is 312 g/mol. The number of aromatic hydroxyl groups is 1. The Kier molecular flexibility index (Phi) is 4.30. The lowest BCUT2D eigenvalue weighted by Gasteiger charge is -2.20. The van der Waals surface area contributed by atoms with Crippen molar-refractivity contribution in [1.29, 1.82) is 0 Å². The van der Waals surface area contributed by atoms with Crippen molar-refractivity contribution in [3.05, 3.63) is 29.8 Å². The van der Waals surface area contributed by atoms with Crippen LogP contribution in [0.4, 0.5) is 0 Å². The first kappa shape index (κ1) is 16.1. The number of nitrogens with two attached hydrogens (primary N) is 1. The van der Waals surface area contributed by atoms with E-state index in [4.69, 9.17) is 5.73 Å². The molecule has 0 saturated carbocycles. The zero-order valence-electron chi connectivity index (χ0n) is 13.0. The molecular formula is C16H18N4O4. The Morgan fingerprint density at radius 2 is 1.92 bits per heavy atom. The van der Waals surface area contributed by atoms with Gasteiger partial charge in [0.05, 0.1) is 11.6 Å². The minimum Gasteiger partial charge on any atom is -0.507 e. The Morgan fingerprint density at radius 1 is 1.25 bits per heavy atom. The van der Waals surface area contributed by atoms with Crippen LogP contribution in [-0.4, -0.2) is 58.1 Å². The fourth-order valence-electron chi connectivity index (χ4n) is 3.06. The number of amides is 3. The van der Waals surface area contributed by atoms with Gasteiger partial charge in [0.15, 0.2) is 0 Å². The average molecular weight is 330 g/mol. The maximum Gasteiger partial charge on any atom is 0.338 e. The molecule has 1 aromatic carbocycles. The molecule has 2 aliphatic rings. The second-order valence-electron chi connectivity index (χ2n) is 5.88. The summed E-state index contributed by atoms with van der Waals surface area (Å²) in [6, 6.07) is 6.45. The van der Waals surface area contributed by atoms with Gasteiger partial charge in [0, 0.05) is 12.1 Å². The molecule has 0 bridgehead atoms. The molecule has 3 N–H and O–H groups in total. The molecule has 0 spiro atoms. The van der Waals surface area contributed by atoms with Crippen molar-refractivity contribution in [2.75, 3.05) is 19.6 Å². The van der Waals surface area contributed by atoms with E-state index in [0.29, 0.717) is 17.1 Å². The van der Waals surface area contributed by atoms with Crippen molar-refractivity contribution in [2.45, 2.75) is 12.8 Å². The number of imide groups is 1. The van der Waals surface area contributed by atoms with Crippen LogP contribution in [-0.2, 0) is 14.4 Å². The second-order valence-corrected chi connectivity index (χ2v) is 5.88. The van der Waals surface area contributed by atoms with Gasteiger partial charge < -0.3 is 15.7 Å². The fraction of sp³-hybridized carbons (Fsp3) is 0.375. The number of rotatable bonds is 3. The quantitative estimate of drug-likeness (QED) is 0.736. The Labute approximate surface area is 138 Å². The van der Waals surface area contributed by atoms with E-state index in [0.717, 1.165) is 25.9 Å². The minimum atomic E-state index is -1.24. The smallest absolute Gasteiger partial charge is 0.338 e. The van der Waals surface area contributed by atoms with Crippen LogP contribution in [0.5, 0.6) is 5.75 Å². The minimum absolute atomic E-state index is 0.0381. The summed E-state index contributed by atoms with van der Waals surface area (Å²) in [6.45, 7) is 2.11. The second kappa shape index (κ2) is 6.40. The van der Waals surface area contributed by atoms with E-state index in [1.54, 1.807) is 18.2 Å². The van der Waals surface area contributed by atoms with Gasteiger partial charge >= 0.3 is 11.8 Å². The number of carbonyl (C=O) groups is 3. The maximum absolute atomic E-state index is 12.6. The van der Waals surface area contributed by atoms with Crippen LogP contribution in [0.15, 0.2) is 29.4 Å². The van der Waals surface area contributed by atoms with Crippen LogP contribution in [0.2, 0.25) is 0 Å². The molecule has 0 radical (unpaired) electrons. The summed E-state index contributed by atoms with van der Waals surface area (Å²) in [5, 5.41) is 14.6. The Bertz CT molecular complexity index is 725. The van der Waals surface area contributed by atoms with E-state index in [9.17, 15) is 19.5 Å². The number of benzene rings is 1. The first-order valence-electron chi connectivity index (χ1n) is 7.76. The molecule has 1 atom stereocenters. The van der Waals surface area contributed by atoms with E-state index in [2.05, 4.69) is 10.0 Å². The Morgan fingerprint density at radius 3 is 2.54 bits per heavy atom. The molecule has 1 aromatic rings. The summed E-state index contributed by atoms with van der Waals surface area (Å²) in [5.74, 6) is -3.77. The van der Waals surface area contributed by atoms with Gasteiger partial charge in [0.2, 0.25) is 0 Å². The number of hydrogen-bond acceptors (Lipinski definition) is 6. The maximum atomic E-state index is 12.6. The van der Waals surface area contributed by atoms with Crippen LogP contribution >= 0.6 is 0 Å². The van der Waals surface area contributed by atoms with Crippen molar-refractivity contribution in [1.82, 2.24) is 9.91 Å². The van der Waals surface area contributed by atoms with E-state index < -0.39 is 23.6 Å². The van der Waals surface area contributed by atoms with Crippen molar-refractivity contribution < 1.29 is 19.5 Å². The van der Waals surface area contributed by atoms with Crippen LogP contribution < -0.4 is 5.73 Å². The molecule has 126 valence electrons. The lowest BCUT2D eigenvalue weighted by atomic mass is 9.95. The molecule has 1 saturated heterocycles. The summed E-state index contributed by atoms with van der Waals surface area (Å²) >= 11 is 0. The number of likely N-dealkylation sites (tertiary alicyclic amines) is 1. The lowest BCUT2D eigenvalue weighted by Crippen LogP contribution is -2.42. The number of phenolic OH excluding ortho intramolecular Hbond substituents is 1. The highest BCUT2D eigenvalue weighted by Gasteiger charge is 2.42. The molecule has 0 aliphatic carbocycles. The van der Waals surface area contributed by atoms with Crippen LogP contribution in [0.3, 0.4) is 0 Å². The van der Waals surface area contributed by atoms with E-state index >= 15 is 0 Å². The van der Waals surface area contributed by atoms with Crippen LogP contribution in [0, 0.1) is 5.92 Å². The Hall–Kier alpha value is -2.74. The van der Waals surface area contributed by atoms with Crippen molar-refractivity contribution in [2.24, 2.45) is 16.8 Å². The third-order valence-electron chi connectivity index (χ3n) is 4.27. The standard InChI is InChI=1S/C16H18N4O4/c17-14(22)16(24)20-15(23)11(9-19-7-3-4-8-19)13(18-20)10-5-1-2-6-12(10)21/h1-2,5-6,11,21H,3-4,7-9H2,(H2,17,22). The largest absolute Gasteiger partial charge is 0.507 e. The van der Waals surface area contributed by atoms with Gasteiger partial charge in [-0.25, -0.2) is 0 Å². The SMILES string of the molecule is NC(=O)C(=O)N1N=C(c2ccccc2O)C(CN2CCCC2)C1=O. The van der Waals surface area contributed by atoms with Crippen molar-refractivity contribution in [3.63, 3.8) is 0 Å². The molecule has 1 fully saturated rings. The molecule has 24 heavy (non-hydrogen) atoms. The number of hydrazone groups is 1. The summed E-state index contributed by atoms with van der Waals surface area (Å²) < 4.78 is 0. The normalized spacial score (nSPS) is 21.2. The first-order chi connectivity index (χ1) is 11.5. The van der Waals surface area contributed by atoms with Crippen LogP contribution in [0.25, 0.3) is 0 Å². The van der Waals surface area contributed by atoms with E-state index in [1.165, 1.54) is 6.07 Å². The van der Waals surface area contributed by atoms with Gasteiger partial charge in [-0.05, 0) is 38.1 Å². The average Bonchev–Trinajstić information content (AvgIpc) is 3.17. The molecule has 8 nitrogen and oxygen atoms in total. The lowest BCUT2D eigenvalue weighted by molar-refractivity contribution is -0.151. The topological polar surface area (TPSA) is 116 Å². The summed E-state index contributed by atoms with van der Waals surface area (Å²) in [6.07, 6.45) is 2.10. The fourth-order valence-corrected chi connectivity index (χ4v) is 3.06. The Balaban J connectivity index is 1.97. The highest BCUT2D eigenvalue weighted by Crippen LogP contribution is 2.28. The van der Waals surface area contributed by atoms with Gasteiger partial charge in [-0.3, -0.25) is 14.4 Å². The van der Waals surface area contributed by atoms with Gasteiger partial charge in [-0.15, -0.1) is 0 Å². The molecule has 2 aliphatic heterocycles. The molecule has 8 heteroatoms. The number of hydrogen-bond donors (Lipinski definition) is 2. The summed E-state index contributed by atoms with van der Waals surface area (Å²) in [7, 11) is 0. The van der Waals surface area contributed by atoms with Gasteiger partial charge in [0.1, 0.15) is 5.75 Å². The van der Waals surface area contributed by atoms with E-state index in [1.807, 2.05) is 0 Å². The third-order valence-corrected chi connectivity index (χ3v) is 4.27. The highest BCUT2D eigenvalue weighted by atomic mass is 16.3. The predicted octanol–water partition coefficient (Wildman–Crippen LogP) is -0.338. The summed E-state index contributed by atoms with van der Waals surface area (Å²) in [5.41, 5.74) is 5.64. The molecule has 2 heterocycles. The number of primary amides is 1. The molecule has 3 rings (SSSR count). The van der Waals surface area contributed by atoms with Crippen molar-refractivity contribution >= 4 is 23.4 Å². The third kappa shape index (κ3) is 2.88. The van der Waals surface area contributed by atoms with Gasteiger partial charge in [-0.2, -0.15) is 10.1 Å². The summed E-state index contributed by atoms with van der Waals surface area (Å²) in [4.78, 5) is 37.7. The van der Waals surface area contributed by atoms with Crippen LogP contribution in [0.1, 0.15) is 18.4 Å². The zero-order chi connectivity index (χ0) is 17.3. The number of nitrogens with zero attached hydrogens (tertiary/aromatic N) is 3.